The molecular weight excluding hydrogens is 433 g/mol. The molecule has 1 aliphatic rings. The van der Waals surface area contributed by atoms with Crippen molar-refractivity contribution >= 4 is 35.9 Å². The maximum Gasteiger partial charge on any atom is 0.311 e. The fraction of sp³-hybridized carbons (Fsp3) is 0.647. The summed E-state index contributed by atoms with van der Waals surface area (Å²) in [4.78, 5) is 27.1. The number of aryl methyl sites for hydroxylation is 1. The van der Waals surface area contributed by atoms with Crippen molar-refractivity contribution in [1.29, 1.82) is 0 Å². The van der Waals surface area contributed by atoms with Crippen LogP contribution in [0.4, 0.5) is 0 Å². The molecule has 1 atom stereocenters. The first kappa shape index (κ1) is 21.6. The summed E-state index contributed by atoms with van der Waals surface area (Å²) in [6.07, 6.45) is 2.53. The lowest BCUT2D eigenvalue weighted by Gasteiger charge is -2.23. The summed E-state index contributed by atoms with van der Waals surface area (Å²) in [7, 11) is 1.74. The smallest absolute Gasteiger partial charge is 0.311 e. The van der Waals surface area contributed by atoms with Crippen LogP contribution < -0.4 is 5.32 Å². The molecule has 1 aliphatic heterocycles. The van der Waals surface area contributed by atoms with Gasteiger partial charge in [0, 0.05) is 26.3 Å². The van der Waals surface area contributed by atoms with E-state index in [2.05, 4.69) is 25.2 Å². The summed E-state index contributed by atoms with van der Waals surface area (Å²) in [6.45, 7) is 9.52. The average Bonchev–Trinajstić information content (AvgIpc) is 2.96. The van der Waals surface area contributed by atoms with Crippen molar-refractivity contribution in [3.05, 3.63) is 23.8 Å². The Morgan fingerprint density at radius 1 is 1.48 bits per heavy atom. The minimum atomic E-state index is -0.449. The molecule has 1 saturated heterocycles. The van der Waals surface area contributed by atoms with Gasteiger partial charge in [-0.3, -0.25) is 9.79 Å². The van der Waals surface area contributed by atoms with Gasteiger partial charge in [0.25, 0.3) is 0 Å². The number of guanidine groups is 1. The van der Waals surface area contributed by atoms with E-state index in [-0.39, 0.29) is 35.9 Å². The number of rotatable bonds is 3. The maximum absolute atomic E-state index is 12.2. The fourth-order valence-electron chi connectivity index (χ4n) is 2.64. The topological polar surface area (TPSA) is 79.7 Å². The van der Waals surface area contributed by atoms with Crippen LogP contribution in [0.15, 0.2) is 17.3 Å². The lowest BCUT2D eigenvalue weighted by Crippen LogP contribution is -2.40. The number of carbonyl (C=O) groups excluding carboxylic acids is 1. The fourth-order valence-corrected chi connectivity index (χ4v) is 2.64. The molecule has 2 rings (SSSR count). The number of hydrogen-bond acceptors (Lipinski definition) is 5. The predicted molar refractivity (Wildman–Crippen MR) is 108 cm³/mol. The third kappa shape index (κ3) is 6.75. The van der Waals surface area contributed by atoms with E-state index in [0.717, 1.165) is 30.4 Å². The third-order valence-electron chi connectivity index (χ3n) is 3.70. The lowest BCUT2D eigenvalue weighted by atomic mass is 10.1. The molecule has 0 spiro atoms. The van der Waals surface area contributed by atoms with Crippen LogP contribution in [0.25, 0.3) is 0 Å². The highest BCUT2D eigenvalue weighted by Gasteiger charge is 2.33. The van der Waals surface area contributed by atoms with Crippen molar-refractivity contribution in [2.24, 2.45) is 10.9 Å². The van der Waals surface area contributed by atoms with Crippen LogP contribution >= 0.6 is 24.0 Å². The van der Waals surface area contributed by atoms with E-state index in [1.165, 1.54) is 0 Å². The molecule has 1 unspecified atom stereocenters. The molecule has 0 aromatic carbocycles. The van der Waals surface area contributed by atoms with Crippen molar-refractivity contribution in [2.75, 3.05) is 20.1 Å². The molecule has 0 radical (unpaired) electrons. The van der Waals surface area contributed by atoms with Crippen LogP contribution in [-0.4, -0.2) is 52.5 Å². The first-order valence-electron chi connectivity index (χ1n) is 8.25. The van der Waals surface area contributed by atoms with Crippen LogP contribution in [0.3, 0.4) is 0 Å². The number of hydrogen-bond donors (Lipinski definition) is 1. The second-order valence-electron chi connectivity index (χ2n) is 6.96. The quantitative estimate of drug-likeness (QED) is 0.322. The molecule has 7 nitrogen and oxygen atoms in total. The Kier molecular flexibility index (Phi) is 8.04. The second-order valence-corrected chi connectivity index (χ2v) is 6.96. The molecular formula is C17H28IN5O2. The van der Waals surface area contributed by atoms with Crippen LogP contribution in [-0.2, 0) is 16.1 Å². The number of halogens is 1. The van der Waals surface area contributed by atoms with Gasteiger partial charge in [0.2, 0.25) is 0 Å². The van der Waals surface area contributed by atoms with Crippen LogP contribution in [0.1, 0.15) is 38.7 Å². The average molecular weight is 461 g/mol. The molecule has 1 aromatic rings. The van der Waals surface area contributed by atoms with Gasteiger partial charge in [-0.25, -0.2) is 9.97 Å². The number of aromatic nitrogens is 2. The summed E-state index contributed by atoms with van der Waals surface area (Å²) in [5.74, 6) is 1.28. The van der Waals surface area contributed by atoms with Crippen molar-refractivity contribution in [3.63, 3.8) is 0 Å². The SMILES string of the molecule is CN=C(NCc1ccnc(C)n1)N1CCC(C(=O)OC(C)(C)C)C1.I. The Bertz CT molecular complexity index is 615. The van der Waals surface area contributed by atoms with E-state index in [1.807, 2.05) is 33.8 Å². The normalized spacial score (nSPS) is 17.9. The number of carbonyl (C=O) groups is 1. The standard InChI is InChI=1S/C17H27N5O2.HI/c1-12-19-8-6-14(21-12)10-20-16(18-5)22-9-7-13(11-22)15(23)24-17(2,3)4;/h6,8,13H,7,9-11H2,1-5H3,(H,18,20);1H. The van der Waals surface area contributed by atoms with Crippen LogP contribution in [0.5, 0.6) is 0 Å². The van der Waals surface area contributed by atoms with Crippen molar-refractivity contribution in [1.82, 2.24) is 20.2 Å². The molecule has 0 amide bonds. The molecule has 140 valence electrons. The highest BCUT2D eigenvalue weighted by molar-refractivity contribution is 14.0. The molecule has 0 bridgehead atoms. The largest absolute Gasteiger partial charge is 0.460 e. The van der Waals surface area contributed by atoms with Gasteiger partial charge in [0.15, 0.2) is 5.96 Å². The van der Waals surface area contributed by atoms with Crippen LogP contribution in [0, 0.1) is 12.8 Å². The molecule has 1 fully saturated rings. The zero-order valence-electron chi connectivity index (χ0n) is 15.6. The summed E-state index contributed by atoms with van der Waals surface area (Å²) in [5, 5.41) is 3.30. The van der Waals surface area contributed by atoms with E-state index in [9.17, 15) is 4.79 Å². The monoisotopic (exact) mass is 461 g/mol. The zero-order chi connectivity index (χ0) is 17.7. The summed E-state index contributed by atoms with van der Waals surface area (Å²) >= 11 is 0. The van der Waals surface area contributed by atoms with Gasteiger partial charge in [-0.2, -0.15) is 0 Å². The lowest BCUT2D eigenvalue weighted by molar-refractivity contribution is -0.159. The van der Waals surface area contributed by atoms with Crippen LogP contribution in [0.2, 0.25) is 0 Å². The van der Waals surface area contributed by atoms with Crippen molar-refractivity contribution < 1.29 is 9.53 Å². The van der Waals surface area contributed by atoms with E-state index in [4.69, 9.17) is 4.74 Å². The zero-order valence-corrected chi connectivity index (χ0v) is 17.9. The Hall–Kier alpha value is -1.45. The predicted octanol–water partition coefficient (Wildman–Crippen LogP) is 2.14. The summed E-state index contributed by atoms with van der Waals surface area (Å²) in [5.41, 5.74) is 0.460. The van der Waals surface area contributed by atoms with Crippen molar-refractivity contribution in [2.45, 2.75) is 46.3 Å². The Morgan fingerprint density at radius 3 is 2.80 bits per heavy atom. The van der Waals surface area contributed by atoms with E-state index in [1.54, 1.807) is 13.2 Å². The van der Waals surface area contributed by atoms with Gasteiger partial charge in [0.1, 0.15) is 11.4 Å². The first-order chi connectivity index (χ1) is 11.3. The molecule has 25 heavy (non-hydrogen) atoms. The molecule has 1 aromatic heterocycles. The van der Waals surface area contributed by atoms with Gasteiger partial charge < -0.3 is 15.0 Å². The minimum absolute atomic E-state index is 0. The Balaban J connectivity index is 0.00000312. The summed E-state index contributed by atoms with van der Waals surface area (Å²) in [6, 6.07) is 1.88. The Labute approximate surface area is 166 Å². The van der Waals surface area contributed by atoms with Gasteiger partial charge in [-0.15, -0.1) is 24.0 Å². The molecule has 1 N–H and O–H groups in total. The van der Waals surface area contributed by atoms with E-state index in [0.29, 0.717) is 13.1 Å². The number of nitrogens with zero attached hydrogens (tertiary/aromatic N) is 4. The molecule has 0 aliphatic carbocycles. The first-order valence-corrected chi connectivity index (χ1v) is 8.25. The van der Waals surface area contributed by atoms with Gasteiger partial charge in [-0.05, 0) is 40.2 Å². The number of ether oxygens (including phenoxy) is 1. The number of nitrogens with one attached hydrogen (secondary N) is 1. The van der Waals surface area contributed by atoms with Gasteiger partial charge in [0.05, 0.1) is 18.2 Å². The maximum atomic E-state index is 12.2. The number of esters is 1. The highest BCUT2D eigenvalue weighted by Crippen LogP contribution is 2.20. The summed E-state index contributed by atoms with van der Waals surface area (Å²) < 4.78 is 5.48. The van der Waals surface area contributed by atoms with E-state index < -0.39 is 5.60 Å². The van der Waals surface area contributed by atoms with E-state index >= 15 is 0 Å². The number of aliphatic imine (C=N–C) groups is 1. The molecule has 8 heteroatoms. The van der Waals surface area contributed by atoms with Gasteiger partial charge >= 0.3 is 5.97 Å². The molecule has 0 saturated carbocycles. The third-order valence-corrected chi connectivity index (χ3v) is 3.70. The molecule has 2 heterocycles. The second kappa shape index (κ2) is 9.30. The number of likely N-dealkylation sites (tertiary alicyclic amines) is 1. The van der Waals surface area contributed by atoms with Gasteiger partial charge in [-0.1, -0.05) is 0 Å². The Morgan fingerprint density at radius 2 is 2.20 bits per heavy atom. The van der Waals surface area contributed by atoms with Crippen molar-refractivity contribution in [3.8, 4) is 0 Å². The highest BCUT2D eigenvalue weighted by atomic mass is 127. The minimum Gasteiger partial charge on any atom is -0.460 e.